The summed E-state index contributed by atoms with van der Waals surface area (Å²) in [6, 6.07) is 3.19. The van der Waals surface area contributed by atoms with Gasteiger partial charge in [-0.3, -0.25) is 14.6 Å². The third-order valence-corrected chi connectivity index (χ3v) is 4.71. The van der Waals surface area contributed by atoms with Gasteiger partial charge in [-0.2, -0.15) is 0 Å². The van der Waals surface area contributed by atoms with Crippen molar-refractivity contribution in [3.05, 3.63) is 24.5 Å². The summed E-state index contributed by atoms with van der Waals surface area (Å²) in [7, 11) is 0. The molecule has 6 nitrogen and oxygen atoms in total. The van der Waals surface area contributed by atoms with Crippen LogP contribution in [-0.2, 0) is 9.59 Å². The smallest absolute Gasteiger partial charge is 0.243 e. The van der Waals surface area contributed by atoms with Crippen LogP contribution in [0.5, 0.6) is 5.75 Å². The van der Waals surface area contributed by atoms with E-state index in [2.05, 4.69) is 15.6 Å². The van der Waals surface area contributed by atoms with Crippen molar-refractivity contribution < 1.29 is 14.3 Å². The molecule has 1 aromatic rings. The highest BCUT2D eigenvalue weighted by Crippen LogP contribution is 2.28. The molecule has 7 heteroatoms. The molecule has 2 N–H and O–H groups in total. The number of carbonyl (C=O) groups is 2. The minimum absolute atomic E-state index is 0.0937. The van der Waals surface area contributed by atoms with Crippen LogP contribution in [0.2, 0.25) is 0 Å². The van der Waals surface area contributed by atoms with E-state index in [0.717, 1.165) is 0 Å². The number of hydrogen-bond acceptors (Lipinski definition) is 5. The summed E-state index contributed by atoms with van der Waals surface area (Å²) in [5.74, 6) is 1.07. The summed E-state index contributed by atoms with van der Waals surface area (Å²) >= 11 is 1.50. The van der Waals surface area contributed by atoms with Gasteiger partial charge in [0.15, 0.2) is 0 Å². The van der Waals surface area contributed by atoms with Gasteiger partial charge in [0.1, 0.15) is 11.8 Å². The lowest BCUT2D eigenvalue weighted by Crippen LogP contribution is -2.57. The number of nitrogens with one attached hydrogen (secondary N) is 2. The molecular formula is C15H21N3O3S. The van der Waals surface area contributed by atoms with E-state index in [-0.39, 0.29) is 11.8 Å². The molecule has 0 saturated carbocycles. The minimum atomic E-state index is -0.464. The van der Waals surface area contributed by atoms with Gasteiger partial charge in [-0.1, -0.05) is 0 Å². The monoisotopic (exact) mass is 323 g/mol. The van der Waals surface area contributed by atoms with Crippen molar-refractivity contribution in [3.8, 4) is 5.75 Å². The Labute approximate surface area is 134 Å². The lowest BCUT2D eigenvalue weighted by molar-refractivity contribution is -0.129. The molecule has 2 rings (SSSR count). The van der Waals surface area contributed by atoms with E-state index in [9.17, 15) is 9.59 Å². The molecule has 2 amide bonds. The molecule has 0 aliphatic carbocycles. The second-order valence-electron chi connectivity index (χ2n) is 5.53. The standard InChI is InChI=1S/C15H21N3O3S/c1-15(2)14(20)18-12(10-22-15)13(19)17-7-4-8-21-11-5-3-6-16-9-11/h3,5-6,9,12H,4,7-8,10H2,1-2H3,(H,17,19)(H,18,20)/t12-/m0/s1. The van der Waals surface area contributed by atoms with Crippen LogP contribution in [0.1, 0.15) is 20.3 Å². The Hall–Kier alpha value is -1.76. The first kappa shape index (κ1) is 16.6. The molecule has 1 aromatic heterocycles. The highest BCUT2D eigenvalue weighted by atomic mass is 32.2. The van der Waals surface area contributed by atoms with Gasteiger partial charge in [0.2, 0.25) is 11.8 Å². The Morgan fingerprint density at radius 1 is 1.59 bits per heavy atom. The molecule has 0 bridgehead atoms. The van der Waals surface area contributed by atoms with E-state index in [1.165, 1.54) is 11.8 Å². The van der Waals surface area contributed by atoms with E-state index in [0.29, 0.717) is 31.1 Å². The molecule has 1 atom stereocenters. The van der Waals surface area contributed by atoms with Crippen LogP contribution < -0.4 is 15.4 Å². The first-order chi connectivity index (χ1) is 10.5. The summed E-state index contributed by atoms with van der Waals surface area (Å²) in [6.45, 7) is 4.73. The first-order valence-electron chi connectivity index (χ1n) is 7.24. The third-order valence-electron chi connectivity index (χ3n) is 3.30. The summed E-state index contributed by atoms with van der Waals surface area (Å²) in [6.07, 6.45) is 4.03. The third kappa shape index (κ3) is 4.62. The van der Waals surface area contributed by atoms with Crippen LogP contribution in [0.3, 0.4) is 0 Å². The zero-order valence-electron chi connectivity index (χ0n) is 12.8. The van der Waals surface area contributed by atoms with Gasteiger partial charge in [-0.15, -0.1) is 11.8 Å². The number of carbonyl (C=O) groups excluding carboxylic acids is 2. The minimum Gasteiger partial charge on any atom is -0.492 e. The maximum absolute atomic E-state index is 12.0. The summed E-state index contributed by atoms with van der Waals surface area (Å²) in [4.78, 5) is 27.8. The average molecular weight is 323 g/mol. The number of rotatable bonds is 6. The van der Waals surface area contributed by atoms with Crippen molar-refractivity contribution in [3.63, 3.8) is 0 Å². The lowest BCUT2D eigenvalue weighted by atomic mass is 10.1. The van der Waals surface area contributed by atoms with Gasteiger partial charge in [-0.05, 0) is 32.4 Å². The van der Waals surface area contributed by atoms with Crippen LogP contribution in [0, 0.1) is 0 Å². The second kappa shape index (κ2) is 7.49. The summed E-state index contributed by atoms with van der Waals surface area (Å²) in [5, 5.41) is 5.59. The number of nitrogens with zero attached hydrogens (tertiary/aromatic N) is 1. The maximum atomic E-state index is 12.0. The zero-order chi connectivity index (χ0) is 16.0. The van der Waals surface area contributed by atoms with E-state index in [1.54, 1.807) is 12.4 Å². The SMILES string of the molecule is CC1(C)SC[C@@H](C(=O)NCCCOc2cccnc2)NC1=O. The Morgan fingerprint density at radius 2 is 2.41 bits per heavy atom. The molecule has 22 heavy (non-hydrogen) atoms. The van der Waals surface area contributed by atoms with Gasteiger partial charge in [0.05, 0.1) is 17.6 Å². The average Bonchev–Trinajstić information content (AvgIpc) is 2.50. The van der Waals surface area contributed by atoms with Gasteiger partial charge in [0, 0.05) is 18.5 Å². The van der Waals surface area contributed by atoms with Crippen LogP contribution >= 0.6 is 11.8 Å². The molecule has 1 aliphatic rings. The largest absolute Gasteiger partial charge is 0.492 e. The molecule has 0 aromatic carbocycles. The van der Waals surface area contributed by atoms with Crippen LogP contribution in [0.15, 0.2) is 24.5 Å². The van der Waals surface area contributed by atoms with Crippen molar-refractivity contribution in [2.45, 2.75) is 31.1 Å². The van der Waals surface area contributed by atoms with Crippen molar-refractivity contribution in [2.75, 3.05) is 18.9 Å². The molecule has 120 valence electrons. The quantitative estimate of drug-likeness (QED) is 0.763. The molecule has 2 heterocycles. The summed E-state index contributed by atoms with van der Waals surface area (Å²) in [5.41, 5.74) is 0. The van der Waals surface area contributed by atoms with E-state index >= 15 is 0 Å². The maximum Gasteiger partial charge on any atom is 0.243 e. The van der Waals surface area contributed by atoms with Gasteiger partial charge in [-0.25, -0.2) is 0 Å². The van der Waals surface area contributed by atoms with Crippen molar-refractivity contribution in [1.29, 1.82) is 0 Å². The number of pyridine rings is 1. The van der Waals surface area contributed by atoms with Crippen molar-refractivity contribution in [2.24, 2.45) is 0 Å². The van der Waals surface area contributed by atoms with Crippen LogP contribution in [-0.4, -0.2) is 46.5 Å². The highest BCUT2D eigenvalue weighted by molar-refractivity contribution is 8.01. The van der Waals surface area contributed by atoms with Gasteiger partial charge >= 0.3 is 0 Å². The number of thioether (sulfide) groups is 1. The molecule has 1 aliphatic heterocycles. The Bertz CT molecular complexity index is 522. The van der Waals surface area contributed by atoms with Crippen LogP contribution in [0.4, 0.5) is 0 Å². The molecular weight excluding hydrogens is 302 g/mol. The summed E-state index contributed by atoms with van der Waals surface area (Å²) < 4.78 is 5.03. The fourth-order valence-electron chi connectivity index (χ4n) is 1.90. The Kier molecular flexibility index (Phi) is 5.65. The normalized spacial score (nSPS) is 20.1. The fraction of sp³-hybridized carbons (Fsp3) is 0.533. The number of hydrogen-bond donors (Lipinski definition) is 2. The Morgan fingerprint density at radius 3 is 3.09 bits per heavy atom. The van der Waals surface area contributed by atoms with Gasteiger partial charge in [0.25, 0.3) is 0 Å². The molecule has 1 saturated heterocycles. The molecule has 0 radical (unpaired) electrons. The van der Waals surface area contributed by atoms with Crippen LogP contribution in [0.25, 0.3) is 0 Å². The number of aromatic nitrogens is 1. The number of amides is 2. The predicted molar refractivity (Wildman–Crippen MR) is 85.8 cm³/mol. The molecule has 0 unspecified atom stereocenters. The van der Waals surface area contributed by atoms with Gasteiger partial charge < -0.3 is 15.4 Å². The van der Waals surface area contributed by atoms with E-state index in [4.69, 9.17) is 4.74 Å². The molecule has 1 fully saturated rings. The number of ether oxygens (including phenoxy) is 1. The van der Waals surface area contributed by atoms with Crippen molar-refractivity contribution >= 4 is 23.6 Å². The Balaban J connectivity index is 1.63. The predicted octanol–water partition coefficient (Wildman–Crippen LogP) is 0.977. The first-order valence-corrected chi connectivity index (χ1v) is 8.23. The topological polar surface area (TPSA) is 80.3 Å². The lowest BCUT2D eigenvalue weighted by Gasteiger charge is -2.32. The second-order valence-corrected chi connectivity index (χ2v) is 7.17. The van der Waals surface area contributed by atoms with Crippen molar-refractivity contribution in [1.82, 2.24) is 15.6 Å². The molecule has 0 spiro atoms. The fourth-order valence-corrected chi connectivity index (χ4v) is 2.91. The zero-order valence-corrected chi connectivity index (χ0v) is 13.6. The highest BCUT2D eigenvalue weighted by Gasteiger charge is 2.37. The van der Waals surface area contributed by atoms with E-state index < -0.39 is 10.8 Å². The van der Waals surface area contributed by atoms with E-state index in [1.807, 2.05) is 26.0 Å².